The molecule has 4 aromatic carbocycles. The van der Waals surface area contributed by atoms with E-state index < -0.39 is 11.2 Å². The first kappa shape index (κ1) is 35.0. The zero-order valence-corrected chi connectivity index (χ0v) is 30.2. The third kappa shape index (κ3) is 6.25. The summed E-state index contributed by atoms with van der Waals surface area (Å²) in [4.78, 5) is 29.1. The third-order valence-corrected chi connectivity index (χ3v) is 10.7. The van der Waals surface area contributed by atoms with E-state index in [0.29, 0.717) is 26.1 Å². The number of carbonyl (C=O) groups excluding carboxylic acids is 2. The second kappa shape index (κ2) is 12.8. The summed E-state index contributed by atoms with van der Waals surface area (Å²) in [5.41, 5.74) is 7.73. The van der Waals surface area contributed by atoms with E-state index in [2.05, 4.69) is 29.2 Å². The summed E-state index contributed by atoms with van der Waals surface area (Å²) in [5, 5.41) is 23.7. The van der Waals surface area contributed by atoms with Gasteiger partial charge in [0.15, 0.2) is 17.4 Å². The topological polar surface area (TPSA) is 99.5 Å². The first-order valence-corrected chi connectivity index (χ1v) is 17.1. The first-order valence-electron chi connectivity index (χ1n) is 17.1. The molecule has 0 atom stereocenters. The Morgan fingerprint density at radius 2 is 1.12 bits per heavy atom. The Hall–Kier alpha value is -3.82. The molecule has 0 radical (unpaired) electrons. The highest BCUT2D eigenvalue weighted by Crippen LogP contribution is 2.46. The van der Waals surface area contributed by atoms with Crippen molar-refractivity contribution < 1.29 is 29.3 Å². The number of ketones is 2. The summed E-state index contributed by atoms with van der Waals surface area (Å²) in [7, 11) is 8.06. The zero-order chi connectivity index (χ0) is 35.5. The van der Waals surface area contributed by atoms with Gasteiger partial charge in [0, 0.05) is 72.3 Å². The van der Waals surface area contributed by atoms with Crippen LogP contribution < -0.4 is 9.80 Å². The van der Waals surface area contributed by atoms with Crippen LogP contribution >= 0.6 is 0 Å². The number of anilines is 2. The van der Waals surface area contributed by atoms with Gasteiger partial charge in [-0.05, 0) is 111 Å². The highest BCUT2D eigenvalue weighted by atomic mass is 16.7. The van der Waals surface area contributed by atoms with E-state index in [9.17, 15) is 19.8 Å². The Kier molecular flexibility index (Phi) is 9.16. The molecule has 0 bridgehead atoms. The van der Waals surface area contributed by atoms with Crippen molar-refractivity contribution in [2.75, 3.05) is 64.4 Å². The first-order chi connectivity index (χ1) is 23.1. The number of benzene rings is 4. The van der Waals surface area contributed by atoms with Gasteiger partial charge in [0.05, 0.1) is 26.4 Å². The zero-order valence-electron chi connectivity index (χ0n) is 30.2. The van der Waals surface area contributed by atoms with E-state index in [0.717, 1.165) is 68.0 Å². The second-order valence-corrected chi connectivity index (χ2v) is 15.4. The number of rotatable bonds is 6. The van der Waals surface area contributed by atoms with Crippen molar-refractivity contribution in [2.45, 2.75) is 59.2 Å². The Labute approximate surface area is 289 Å². The number of ether oxygens (including phenoxy) is 2. The molecule has 0 saturated carbocycles. The highest BCUT2D eigenvalue weighted by molar-refractivity contribution is 6.13. The van der Waals surface area contributed by atoms with Gasteiger partial charge in [0.2, 0.25) is 0 Å². The van der Waals surface area contributed by atoms with Gasteiger partial charge in [-0.2, -0.15) is 0 Å². The predicted molar refractivity (Wildman–Crippen MR) is 196 cm³/mol. The minimum atomic E-state index is -0.553. The second-order valence-electron chi connectivity index (χ2n) is 15.4. The van der Waals surface area contributed by atoms with E-state index in [1.165, 1.54) is 11.1 Å². The van der Waals surface area contributed by atoms with Gasteiger partial charge in [-0.1, -0.05) is 24.3 Å². The Balaban J connectivity index is 0.000000171. The molecule has 3 aliphatic rings. The minimum Gasteiger partial charge on any atom is -0.396 e. The molecule has 8 heteroatoms. The lowest BCUT2D eigenvalue weighted by molar-refractivity contribution is -0.283. The van der Waals surface area contributed by atoms with Gasteiger partial charge < -0.3 is 29.5 Å². The molecule has 1 heterocycles. The van der Waals surface area contributed by atoms with Gasteiger partial charge in [0.25, 0.3) is 0 Å². The largest absolute Gasteiger partial charge is 0.396 e. The monoisotopic (exact) mass is 666 g/mol. The average molecular weight is 667 g/mol. The summed E-state index contributed by atoms with van der Waals surface area (Å²) in [6.45, 7) is 8.38. The Morgan fingerprint density at radius 3 is 1.55 bits per heavy atom. The molecule has 1 spiro atoms. The average Bonchev–Trinajstić information content (AvgIpc) is 3.61. The standard InChI is InChI=1S/C22H27NO3.C19H23NO3/c1-14(24)20-16-7-6-8-19(23(4)5)17(16)9-15-10-22(11-18(15)20)12-25-21(2,3)26-13-22;1-12(23)18-14-5-4-6-17(20(2)3)15(14)7-13-8-19(10-21,11-22)9-16(13)18/h6-9H,10-13H2,1-5H3;4-7,21-22H,8-11H2,1-3H3. The Bertz CT molecular complexity index is 1950. The Morgan fingerprint density at radius 1 is 0.673 bits per heavy atom. The van der Waals surface area contributed by atoms with E-state index >= 15 is 0 Å². The number of aliphatic hydroxyl groups excluding tert-OH is 2. The molecule has 0 unspecified atom stereocenters. The number of nitrogens with zero attached hydrogens (tertiary/aromatic N) is 2. The molecule has 49 heavy (non-hydrogen) atoms. The molecular weight excluding hydrogens is 616 g/mol. The number of hydrogen-bond acceptors (Lipinski definition) is 8. The number of hydrogen-bond donors (Lipinski definition) is 2. The molecule has 8 nitrogen and oxygen atoms in total. The number of aliphatic hydroxyl groups is 2. The molecule has 260 valence electrons. The lowest BCUT2D eigenvalue weighted by atomic mass is 9.85. The fourth-order valence-electron chi connectivity index (χ4n) is 8.22. The van der Waals surface area contributed by atoms with E-state index in [4.69, 9.17) is 9.47 Å². The van der Waals surface area contributed by atoms with Crippen molar-refractivity contribution in [3.63, 3.8) is 0 Å². The van der Waals surface area contributed by atoms with Crippen LogP contribution in [0.2, 0.25) is 0 Å². The maximum atomic E-state index is 12.6. The maximum Gasteiger partial charge on any atom is 0.162 e. The highest BCUT2D eigenvalue weighted by Gasteiger charge is 2.45. The minimum absolute atomic E-state index is 0.0365. The number of carbonyl (C=O) groups is 2. The van der Waals surface area contributed by atoms with Crippen LogP contribution in [0.1, 0.15) is 70.7 Å². The van der Waals surface area contributed by atoms with Crippen LogP contribution in [0.15, 0.2) is 48.5 Å². The van der Waals surface area contributed by atoms with Crippen LogP contribution in [0.25, 0.3) is 21.5 Å². The molecule has 7 rings (SSSR count). The fraction of sp³-hybridized carbons (Fsp3) is 0.463. The normalized spacial score (nSPS) is 18.2. The van der Waals surface area contributed by atoms with Crippen molar-refractivity contribution in [1.29, 1.82) is 0 Å². The fourth-order valence-corrected chi connectivity index (χ4v) is 8.22. The van der Waals surface area contributed by atoms with Crippen LogP contribution in [-0.4, -0.2) is 82.2 Å². The number of Topliss-reactive ketones (excluding diaryl/α,β-unsaturated/α-hetero) is 2. The maximum absolute atomic E-state index is 12.6. The summed E-state index contributed by atoms with van der Waals surface area (Å²) in [5.74, 6) is -0.348. The van der Waals surface area contributed by atoms with Gasteiger partial charge in [-0.25, -0.2) is 0 Å². The van der Waals surface area contributed by atoms with Crippen LogP contribution in [-0.2, 0) is 35.2 Å². The van der Waals surface area contributed by atoms with E-state index in [1.54, 1.807) is 13.8 Å². The lowest BCUT2D eigenvalue weighted by Gasteiger charge is -2.41. The van der Waals surface area contributed by atoms with E-state index in [1.807, 2.05) is 71.2 Å². The van der Waals surface area contributed by atoms with Gasteiger partial charge >= 0.3 is 0 Å². The van der Waals surface area contributed by atoms with Crippen LogP contribution in [0.4, 0.5) is 11.4 Å². The molecule has 1 fully saturated rings. The van der Waals surface area contributed by atoms with Crippen LogP contribution in [0, 0.1) is 10.8 Å². The third-order valence-electron chi connectivity index (χ3n) is 10.7. The summed E-state index contributed by atoms with van der Waals surface area (Å²) in [6.07, 6.45) is 2.89. The molecule has 1 saturated heterocycles. The summed E-state index contributed by atoms with van der Waals surface area (Å²) in [6, 6.07) is 16.6. The van der Waals surface area contributed by atoms with Gasteiger partial charge in [-0.15, -0.1) is 0 Å². The molecular formula is C41H50N2O6. The molecule has 2 N–H and O–H groups in total. The van der Waals surface area contributed by atoms with Crippen LogP contribution in [0.5, 0.6) is 0 Å². The van der Waals surface area contributed by atoms with E-state index in [-0.39, 0.29) is 30.2 Å². The molecule has 0 amide bonds. The SMILES string of the molecule is CC(=O)c1c2c(cc3c(N(C)C)cccc13)CC(CO)(CO)C2.CC(=O)c1c2c(cc3c(N(C)C)cccc13)CC1(COC(C)(C)OC1)C2. The van der Waals surface area contributed by atoms with Crippen molar-refractivity contribution in [3.8, 4) is 0 Å². The van der Waals surface area contributed by atoms with Crippen molar-refractivity contribution in [2.24, 2.45) is 10.8 Å². The lowest BCUT2D eigenvalue weighted by Crippen LogP contribution is -2.47. The molecule has 2 aliphatic carbocycles. The van der Waals surface area contributed by atoms with Gasteiger partial charge in [-0.3, -0.25) is 9.59 Å². The molecule has 0 aromatic heterocycles. The quantitative estimate of drug-likeness (QED) is 0.237. The number of fused-ring (bicyclic) bond motifs is 4. The van der Waals surface area contributed by atoms with Crippen molar-refractivity contribution >= 4 is 44.5 Å². The van der Waals surface area contributed by atoms with Crippen molar-refractivity contribution in [3.05, 3.63) is 81.9 Å². The van der Waals surface area contributed by atoms with Crippen molar-refractivity contribution in [1.82, 2.24) is 0 Å². The predicted octanol–water partition coefficient (Wildman–Crippen LogP) is 6.15. The molecule has 1 aliphatic heterocycles. The summed E-state index contributed by atoms with van der Waals surface area (Å²) < 4.78 is 12.0. The smallest absolute Gasteiger partial charge is 0.162 e. The van der Waals surface area contributed by atoms with Gasteiger partial charge in [0.1, 0.15) is 0 Å². The summed E-state index contributed by atoms with van der Waals surface area (Å²) >= 11 is 0. The van der Waals surface area contributed by atoms with Crippen LogP contribution in [0.3, 0.4) is 0 Å². The molecule has 4 aromatic rings.